The zero-order valence-corrected chi connectivity index (χ0v) is 8.94. The number of likely N-dealkylation sites (tertiary alicyclic amines) is 1. The molecule has 1 unspecified atom stereocenters. The molecule has 1 saturated heterocycles. The van der Waals surface area contributed by atoms with Crippen LogP contribution in [-0.2, 0) is 4.79 Å². The third kappa shape index (κ3) is 2.29. The van der Waals surface area contributed by atoms with Crippen molar-refractivity contribution < 1.29 is 4.79 Å². The second-order valence-electron chi connectivity index (χ2n) is 3.88. The molecule has 3 nitrogen and oxygen atoms in total. The van der Waals surface area contributed by atoms with Crippen molar-refractivity contribution in [2.24, 2.45) is 0 Å². The first-order valence-corrected chi connectivity index (χ1v) is 5.38. The molecule has 0 aromatic heterocycles. The second-order valence-corrected chi connectivity index (χ2v) is 3.88. The zero-order valence-electron chi connectivity index (χ0n) is 8.94. The number of benzene rings is 1. The molecule has 1 aromatic rings. The van der Waals surface area contributed by atoms with Gasteiger partial charge in [0.15, 0.2) is 0 Å². The minimum absolute atomic E-state index is 0.0856. The van der Waals surface area contributed by atoms with Crippen LogP contribution in [-0.4, -0.2) is 23.5 Å². The predicted octanol–water partition coefficient (Wildman–Crippen LogP) is 2.07. The van der Waals surface area contributed by atoms with E-state index in [0.717, 1.165) is 18.7 Å². The summed E-state index contributed by atoms with van der Waals surface area (Å²) < 4.78 is 0. The van der Waals surface area contributed by atoms with Crippen molar-refractivity contribution in [1.82, 2.24) is 4.90 Å². The molecule has 1 amide bonds. The highest BCUT2D eigenvalue weighted by molar-refractivity contribution is 5.78. The van der Waals surface area contributed by atoms with Gasteiger partial charge in [-0.15, -0.1) is 0 Å². The molecule has 1 N–H and O–H groups in total. The van der Waals surface area contributed by atoms with Crippen LogP contribution in [0, 0.1) is 0 Å². The van der Waals surface area contributed by atoms with Gasteiger partial charge >= 0.3 is 0 Å². The fourth-order valence-corrected chi connectivity index (χ4v) is 1.93. The van der Waals surface area contributed by atoms with Crippen LogP contribution in [0.15, 0.2) is 30.3 Å². The average Bonchev–Trinajstić information content (AvgIpc) is 2.66. The highest BCUT2D eigenvalue weighted by Crippen LogP contribution is 2.15. The van der Waals surface area contributed by atoms with Gasteiger partial charge in [0, 0.05) is 18.7 Å². The van der Waals surface area contributed by atoms with Crippen LogP contribution in [0.5, 0.6) is 0 Å². The Balaban J connectivity index is 1.97. The summed E-state index contributed by atoms with van der Waals surface area (Å²) in [6, 6.07) is 9.98. The van der Waals surface area contributed by atoms with E-state index < -0.39 is 0 Å². The molecular formula is C12H16N2O. The number of hydrogen-bond donors (Lipinski definition) is 1. The zero-order chi connectivity index (χ0) is 10.7. The van der Waals surface area contributed by atoms with E-state index in [0.29, 0.717) is 6.42 Å². The lowest BCUT2D eigenvalue weighted by Gasteiger charge is -2.26. The lowest BCUT2D eigenvalue weighted by molar-refractivity contribution is -0.128. The van der Waals surface area contributed by atoms with Crippen molar-refractivity contribution in [3.05, 3.63) is 30.3 Å². The van der Waals surface area contributed by atoms with Gasteiger partial charge in [0.2, 0.25) is 5.91 Å². The average molecular weight is 204 g/mol. The monoisotopic (exact) mass is 204 g/mol. The van der Waals surface area contributed by atoms with Gasteiger partial charge in [0.1, 0.15) is 0 Å². The Hall–Kier alpha value is -1.51. The van der Waals surface area contributed by atoms with Gasteiger partial charge in [0.25, 0.3) is 0 Å². The van der Waals surface area contributed by atoms with Crippen molar-refractivity contribution in [3.63, 3.8) is 0 Å². The predicted molar refractivity (Wildman–Crippen MR) is 60.5 cm³/mol. The third-order valence-corrected chi connectivity index (χ3v) is 2.73. The molecule has 1 fully saturated rings. The van der Waals surface area contributed by atoms with Crippen LogP contribution in [0.2, 0.25) is 0 Å². The molecule has 15 heavy (non-hydrogen) atoms. The lowest BCUT2D eigenvalue weighted by atomic mass is 10.3. The molecule has 3 heteroatoms. The molecule has 0 radical (unpaired) electrons. The van der Waals surface area contributed by atoms with Crippen LogP contribution >= 0.6 is 0 Å². The number of anilines is 1. The Labute approximate surface area is 90.1 Å². The molecule has 1 aliphatic rings. The standard InChI is InChI=1S/C12H16N2O/c1-10(14-9-5-8-12(14)15)13-11-6-3-2-4-7-11/h2-4,6-7,10,13H,5,8-9H2,1H3. The Bertz CT molecular complexity index is 337. The number of carbonyl (C=O) groups excluding carboxylic acids is 1. The Morgan fingerprint density at radius 2 is 2.07 bits per heavy atom. The van der Waals surface area contributed by atoms with E-state index in [9.17, 15) is 4.79 Å². The van der Waals surface area contributed by atoms with E-state index in [-0.39, 0.29) is 12.1 Å². The molecule has 1 heterocycles. The third-order valence-electron chi connectivity index (χ3n) is 2.73. The highest BCUT2D eigenvalue weighted by atomic mass is 16.2. The van der Waals surface area contributed by atoms with Gasteiger partial charge in [-0.2, -0.15) is 0 Å². The number of para-hydroxylation sites is 1. The van der Waals surface area contributed by atoms with Crippen molar-refractivity contribution >= 4 is 11.6 Å². The topological polar surface area (TPSA) is 32.3 Å². The quantitative estimate of drug-likeness (QED) is 0.817. The lowest BCUT2D eigenvalue weighted by Crippen LogP contribution is -2.39. The first-order valence-electron chi connectivity index (χ1n) is 5.38. The molecule has 0 spiro atoms. The largest absolute Gasteiger partial charge is 0.365 e. The highest BCUT2D eigenvalue weighted by Gasteiger charge is 2.24. The molecule has 0 bridgehead atoms. The van der Waals surface area contributed by atoms with Gasteiger partial charge < -0.3 is 10.2 Å². The molecule has 0 saturated carbocycles. The normalized spacial score (nSPS) is 17.9. The van der Waals surface area contributed by atoms with Crippen LogP contribution in [0.1, 0.15) is 19.8 Å². The molecule has 1 atom stereocenters. The van der Waals surface area contributed by atoms with Gasteiger partial charge in [-0.3, -0.25) is 4.79 Å². The maximum atomic E-state index is 11.5. The van der Waals surface area contributed by atoms with Gasteiger partial charge in [0.05, 0.1) is 6.17 Å². The van der Waals surface area contributed by atoms with E-state index in [1.165, 1.54) is 0 Å². The number of nitrogens with zero attached hydrogens (tertiary/aromatic N) is 1. The number of amides is 1. The maximum absolute atomic E-state index is 11.5. The fraction of sp³-hybridized carbons (Fsp3) is 0.417. The van der Waals surface area contributed by atoms with Gasteiger partial charge in [-0.1, -0.05) is 18.2 Å². The summed E-state index contributed by atoms with van der Waals surface area (Å²) in [7, 11) is 0. The number of rotatable bonds is 3. The first-order chi connectivity index (χ1) is 7.27. The van der Waals surface area contributed by atoms with E-state index in [4.69, 9.17) is 0 Å². The fourth-order valence-electron chi connectivity index (χ4n) is 1.93. The van der Waals surface area contributed by atoms with Crippen LogP contribution in [0.4, 0.5) is 5.69 Å². The molecule has 2 rings (SSSR count). The van der Waals surface area contributed by atoms with Crippen molar-refractivity contribution in [3.8, 4) is 0 Å². The van der Waals surface area contributed by atoms with Crippen molar-refractivity contribution in [2.75, 3.05) is 11.9 Å². The Kier molecular flexibility index (Phi) is 2.90. The Morgan fingerprint density at radius 1 is 1.33 bits per heavy atom. The molecular weight excluding hydrogens is 188 g/mol. The summed E-state index contributed by atoms with van der Waals surface area (Å²) >= 11 is 0. The number of hydrogen-bond acceptors (Lipinski definition) is 2. The molecule has 1 aromatic carbocycles. The molecule has 0 aliphatic carbocycles. The summed E-state index contributed by atoms with van der Waals surface area (Å²) in [5.74, 6) is 0.255. The maximum Gasteiger partial charge on any atom is 0.224 e. The van der Waals surface area contributed by atoms with Crippen molar-refractivity contribution in [2.45, 2.75) is 25.9 Å². The summed E-state index contributed by atoms with van der Waals surface area (Å²) in [5.41, 5.74) is 1.06. The summed E-state index contributed by atoms with van der Waals surface area (Å²) in [5, 5.41) is 3.32. The van der Waals surface area contributed by atoms with Crippen LogP contribution < -0.4 is 5.32 Å². The first kappa shape index (κ1) is 10.0. The number of nitrogens with one attached hydrogen (secondary N) is 1. The minimum Gasteiger partial charge on any atom is -0.365 e. The van der Waals surface area contributed by atoms with E-state index in [1.807, 2.05) is 42.2 Å². The van der Waals surface area contributed by atoms with E-state index >= 15 is 0 Å². The second kappa shape index (κ2) is 4.34. The van der Waals surface area contributed by atoms with Crippen LogP contribution in [0.3, 0.4) is 0 Å². The van der Waals surface area contributed by atoms with E-state index in [2.05, 4.69) is 5.32 Å². The van der Waals surface area contributed by atoms with Gasteiger partial charge in [-0.25, -0.2) is 0 Å². The molecule has 80 valence electrons. The van der Waals surface area contributed by atoms with Crippen LogP contribution in [0.25, 0.3) is 0 Å². The smallest absolute Gasteiger partial charge is 0.224 e. The summed E-state index contributed by atoms with van der Waals surface area (Å²) in [6.45, 7) is 2.90. The van der Waals surface area contributed by atoms with Gasteiger partial charge in [-0.05, 0) is 25.5 Å². The summed E-state index contributed by atoms with van der Waals surface area (Å²) in [6.07, 6.45) is 1.77. The van der Waals surface area contributed by atoms with Crippen molar-refractivity contribution in [1.29, 1.82) is 0 Å². The molecule has 1 aliphatic heterocycles. The minimum atomic E-state index is 0.0856. The number of carbonyl (C=O) groups is 1. The SMILES string of the molecule is CC(Nc1ccccc1)N1CCCC1=O. The Morgan fingerprint density at radius 3 is 2.67 bits per heavy atom. The van der Waals surface area contributed by atoms with E-state index in [1.54, 1.807) is 0 Å². The summed E-state index contributed by atoms with van der Waals surface area (Å²) in [4.78, 5) is 13.4.